The van der Waals surface area contributed by atoms with E-state index >= 15 is 0 Å². The average molecular weight is 444 g/mol. The molecule has 166 valence electrons. The Morgan fingerprint density at radius 3 is 2.23 bits per heavy atom. The van der Waals surface area contributed by atoms with Crippen molar-refractivity contribution in [3.8, 4) is 0 Å². The molecular formula is C23H29N3O4S. The highest BCUT2D eigenvalue weighted by atomic mass is 32.2. The standard InChI is InChI=1S/C23H29N3O4S/c1-3-21(26(31(2,29)30)18-12-6-4-7-13-18)22(27)24-20-15-9-8-14-19(20)23(28)25-16-10-5-11-17-25/h4,6-9,12-15,21H,3,5,10-11,16-17H2,1-2H3,(H,24,27)/t21-/m1/s1. The van der Waals surface area contributed by atoms with Crippen molar-refractivity contribution in [3.05, 3.63) is 60.2 Å². The molecule has 7 nitrogen and oxygen atoms in total. The molecule has 1 aliphatic rings. The second-order valence-corrected chi connectivity index (χ2v) is 9.57. The smallest absolute Gasteiger partial charge is 0.255 e. The number of likely N-dealkylation sites (tertiary alicyclic amines) is 1. The van der Waals surface area contributed by atoms with Gasteiger partial charge in [0.15, 0.2) is 0 Å². The first-order valence-corrected chi connectivity index (χ1v) is 12.4. The molecule has 0 aromatic heterocycles. The number of rotatable bonds is 7. The van der Waals surface area contributed by atoms with Crippen LogP contribution >= 0.6 is 0 Å². The van der Waals surface area contributed by atoms with E-state index in [9.17, 15) is 18.0 Å². The van der Waals surface area contributed by atoms with Crippen LogP contribution in [0.2, 0.25) is 0 Å². The Labute approximate surface area is 184 Å². The monoisotopic (exact) mass is 443 g/mol. The van der Waals surface area contributed by atoms with Crippen LogP contribution in [0.3, 0.4) is 0 Å². The molecule has 0 aliphatic carbocycles. The molecule has 1 fully saturated rings. The summed E-state index contributed by atoms with van der Waals surface area (Å²) >= 11 is 0. The van der Waals surface area contributed by atoms with Crippen molar-refractivity contribution in [1.29, 1.82) is 0 Å². The zero-order chi connectivity index (χ0) is 22.4. The lowest BCUT2D eigenvalue weighted by molar-refractivity contribution is -0.117. The molecule has 2 amide bonds. The molecule has 2 aromatic carbocycles. The van der Waals surface area contributed by atoms with E-state index in [0.29, 0.717) is 30.0 Å². The Morgan fingerprint density at radius 1 is 1.00 bits per heavy atom. The third kappa shape index (κ3) is 5.44. The lowest BCUT2D eigenvalue weighted by Crippen LogP contribution is -2.47. The minimum absolute atomic E-state index is 0.119. The molecule has 8 heteroatoms. The summed E-state index contributed by atoms with van der Waals surface area (Å²) < 4.78 is 26.2. The first-order valence-electron chi connectivity index (χ1n) is 10.6. The Bertz CT molecular complexity index is 1020. The van der Waals surface area contributed by atoms with Crippen molar-refractivity contribution in [2.24, 2.45) is 0 Å². The Balaban J connectivity index is 1.88. The summed E-state index contributed by atoms with van der Waals surface area (Å²) in [5.74, 6) is -0.595. The van der Waals surface area contributed by atoms with Gasteiger partial charge in [-0.3, -0.25) is 13.9 Å². The van der Waals surface area contributed by atoms with E-state index in [1.807, 2.05) is 0 Å². The van der Waals surface area contributed by atoms with Gasteiger partial charge in [-0.25, -0.2) is 8.42 Å². The second kappa shape index (κ2) is 9.96. The molecule has 1 aliphatic heterocycles. The third-order valence-electron chi connectivity index (χ3n) is 5.40. The van der Waals surface area contributed by atoms with E-state index in [1.165, 1.54) is 0 Å². The van der Waals surface area contributed by atoms with Crippen molar-refractivity contribution in [3.63, 3.8) is 0 Å². The first-order chi connectivity index (χ1) is 14.8. The average Bonchev–Trinajstić information content (AvgIpc) is 2.77. The van der Waals surface area contributed by atoms with Crippen molar-refractivity contribution in [2.45, 2.75) is 38.6 Å². The SMILES string of the molecule is CC[C@H](C(=O)Nc1ccccc1C(=O)N1CCCCC1)N(c1ccccc1)S(C)(=O)=O. The predicted octanol–water partition coefficient (Wildman–Crippen LogP) is 3.50. The molecule has 0 radical (unpaired) electrons. The Kier molecular flexibility index (Phi) is 7.33. The van der Waals surface area contributed by atoms with E-state index in [1.54, 1.807) is 66.4 Å². The highest BCUT2D eigenvalue weighted by molar-refractivity contribution is 7.92. The zero-order valence-electron chi connectivity index (χ0n) is 18.0. The highest BCUT2D eigenvalue weighted by Crippen LogP contribution is 2.25. The molecule has 0 saturated carbocycles. The fourth-order valence-electron chi connectivity index (χ4n) is 3.90. The highest BCUT2D eigenvalue weighted by Gasteiger charge is 2.32. The van der Waals surface area contributed by atoms with Gasteiger partial charge in [-0.2, -0.15) is 0 Å². The molecule has 31 heavy (non-hydrogen) atoms. The van der Waals surface area contributed by atoms with E-state index in [0.717, 1.165) is 29.8 Å². The van der Waals surface area contributed by atoms with Crippen LogP contribution in [-0.4, -0.2) is 50.5 Å². The first kappa shape index (κ1) is 22.8. The van der Waals surface area contributed by atoms with Crippen molar-refractivity contribution in [1.82, 2.24) is 4.90 Å². The number of hydrogen-bond donors (Lipinski definition) is 1. The van der Waals surface area contributed by atoms with Gasteiger partial charge in [0, 0.05) is 13.1 Å². The van der Waals surface area contributed by atoms with Crippen LogP contribution in [-0.2, 0) is 14.8 Å². The lowest BCUT2D eigenvalue weighted by Gasteiger charge is -2.30. The Hall–Kier alpha value is -2.87. The van der Waals surface area contributed by atoms with Gasteiger partial charge in [-0.15, -0.1) is 0 Å². The fraction of sp³-hybridized carbons (Fsp3) is 0.391. The molecule has 1 heterocycles. The number of benzene rings is 2. The van der Waals surface area contributed by atoms with Gasteiger partial charge in [-0.05, 0) is 49.9 Å². The molecule has 1 N–H and O–H groups in total. The van der Waals surface area contributed by atoms with E-state index < -0.39 is 22.0 Å². The number of nitrogens with one attached hydrogen (secondary N) is 1. The molecule has 2 aromatic rings. The second-order valence-electron chi connectivity index (χ2n) is 7.71. The summed E-state index contributed by atoms with van der Waals surface area (Å²) in [7, 11) is -3.71. The number of amides is 2. The maximum absolute atomic E-state index is 13.2. The van der Waals surface area contributed by atoms with Gasteiger partial charge >= 0.3 is 0 Å². The summed E-state index contributed by atoms with van der Waals surface area (Å²) in [6.07, 6.45) is 4.41. The molecule has 1 atom stereocenters. The van der Waals surface area contributed by atoms with Crippen molar-refractivity contribution < 1.29 is 18.0 Å². The van der Waals surface area contributed by atoms with Crippen LogP contribution in [0, 0.1) is 0 Å². The van der Waals surface area contributed by atoms with Crippen LogP contribution in [0.15, 0.2) is 54.6 Å². The summed E-state index contributed by atoms with van der Waals surface area (Å²) in [4.78, 5) is 28.0. The summed E-state index contributed by atoms with van der Waals surface area (Å²) in [6, 6.07) is 14.5. The predicted molar refractivity (Wildman–Crippen MR) is 123 cm³/mol. The normalized spacial score (nSPS) is 15.2. The number of sulfonamides is 1. The van der Waals surface area contributed by atoms with Crippen molar-refractivity contribution in [2.75, 3.05) is 29.0 Å². The largest absolute Gasteiger partial charge is 0.339 e. The third-order valence-corrected chi connectivity index (χ3v) is 6.58. The molecule has 0 spiro atoms. The van der Waals surface area contributed by atoms with Crippen LogP contribution in [0.25, 0.3) is 0 Å². The molecule has 3 rings (SSSR count). The van der Waals surface area contributed by atoms with Crippen LogP contribution in [0.5, 0.6) is 0 Å². The van der Waals surface area contributed by atoms with Crippen LogP contribution in [0.1, 0.15) is 43.0 Å². The van der Waals surface area contributed by atoms with Gasteiger partial charge in [-0.1, -0.05) is 37.3 Å². The topological polar surface area (TPSA) is 86.8 Å². The Morgan fingerprint density at radius 2 is 1.61 bits per heavy atom. The number of anilines is 2. The van der Waals surface area contributed by atoms with Gasteiger partial charge in [0.2, 0.25) is 15.9 Å². The van der Waals surface area contributed by atoms with Crippen LogP contribution < -0.4 is 9.62 Å². The van der Waals surface area contributed by atoms with Gasteiger partial charge < -0.3 is 10.2 Å². The molecule has 0 bridgehead atoms. The van der Waals surface area contributed by atoms with E-state index in [4.69, 9.17) is 0 Å². The summed E-state index contributed by atoms with van der Waals surface area (Å²) in [5.41, 5.74) is 1.23. The van der Waals surface area contributed by atoms with Gasteiger partial charge in [0.05, 0.1) is 23.2 Å². The number of carbonyl (C=O) groups excluding carboxylic acids is 2. The minimum atomic E-state index is -3.71. The number of hydrogen-bond acceptors (Lipinski definition) is 4. The number of piperidine rings is 1. The maximum Gasteiger partial charge on any atom is 0.255 e. The number of nitrogens with zero attached hydrogens (tertiary/aromatic N) is 2. The van der Waals surface area contributed by atoms with Crippen LogP contribution in [0.4, 0.5) is 11.4 Å². The quantitative estimate of drug-likeness (QED) is 0.710. The molecular weight excluding hydrogens is 414 g/mol. The van der Waals surface area contributed by atoms with Gasteiger partial charge in [0.1, 0.15) is 6.04 Å². The summed E-state index contributed by atoms with van der Waals surface area (Å²) in [6.45, 7) is 3.17. The van der Waals surface area contributed by atoms with E-state index in [-0.39, 0.29) is 12.3 Å². The zero-order valence-corrected chi connectivity index (χ0v) is 18.8. The fourth-order valence-corrected chi connectivity index (χ4v) is 5.11. The molecule has 0 unspecified atom stereocenters. The lowest BCUT2D eigenvalue weighted by atomic mass is 10.1. The van der Waals surface area contributed by atoms with E-state index in [2.05, 4.69) is 5.32 Å². The minimum Gasteiger partial charge on any atom is -0.339 e. The van der Waals surface area contributed by atoms with Gasteiger partial charge in [0.25, 0.3) is 5.91 Å². The maximum atomic E-state index is 13.2. The number of para-hydroxylation sites is 2. The molecule has 1 saturated heterocycles. The summed E-state index contributed by atoms with van der Waals surface area (Å²) in [5, 5.41) is 2.81. The van der Waals surface area contributed by atoms with Crippen molar-refractivity contribution >= 4 is 33.2 Å². The number of carbonyl (C=O) groups is 2.